The van der Waals surface area contributed by atoms with Gasteiger partial charge in [-0.25, -0.2) is 4.98 Å². The van der Waals surface area contributed by atoms with Crippen LogP contribution in [0.4, 0.5) is 13.2 Å². The van der Waals surface area contributed by atoms with Crippen LogP contribution in [0, 0.1) is 0 Å². The maximum absolute atomic E-state index is 12.8. The number of imidazole rings is 1. The van der Waals surface area contributed by atoms with Crippen molar-refractivity contribution in [2.75, 3.05) is 0 Å². The number of nitrogens with zero attached hydrogens (tertiary/aromatic N) is 2. The van der Waals surface area contributed by atoms with Gasteiger partial charge in [-0.05, 0) is 36.4 Å². The molecular weight excluding hydrogens is 357 g/mol. The predicted octanol–water partition coefficient (Wildman–Crippen LogP) is 6.17. The number of alkyl halides is 3. The van der Waals surface area contributed by atoms with E-state index in [1.165, 1.54) is 23.9 Å². The molecule has 2 heterocycles. The van der Waals surface area contributed by atoms with Crippen LogP contribution in [-0.2, 0) is 6.18 Å². The fraction of sp³-hybridized carbons (Fsp3) is 0.0500. The number of rotatable bonds is 3. The number of halogens is 3. The second-order valence-electron chi connectivity index (χ2n) is 5.69. The van der Waals surface area contributed by atoms with Crippen molar-refractivity contribution in [3.63, 3.8) is 0 Å². The molecule has 0 atom stereocenters. The van der Waals surface area contributed by atoms with Gasteiger partial charge in [0.1, 0.15) is 10.9 Å². The molecular formula is C20H13F3N2S. The average molecular weight is 370 g/mol. The van der Waals surface area contributed by atoms with E-state index in [1.807, 2.05) is 59.1 Å². The summed E-state index contributed by atoms with van der Waals surface area (Å²) in [6, 6.07) is 20.7. The SMILES string of the molecule is FC(F)(F)c1ccc(-c2nc(Sc3ccccc3)c3ccccn23)cc1. The Balaban J connectivity index is 1.78. The average Bonchev–Trinajstić information content (AvgIpc) is 3.01. The van der Waals surface area contributed by atoms with E-state index in [-0.39, 0.29) is 0 Å². The quantitative estimate of drug-likeness (QED) is 0.429. The minimum Gasteiger partial charge on any atom is -0.299 e. The van der Waals surface area contributed by atoms with Gasteiger partial charge in [-0.3, -0.25) is 4.40 Å². The lowest BCUT2D eigenvalue weighted by Gasteiger charge is -2.07. The molecule has 0 aliphatic rings. The summed E-state index contributed by atoms with van der Waals surface area (Å²) in [5.74, 6) is 0.618. The van der Waals surface area contributed by atoms with Crippen LogP contribution in [0.2, 0.25) is 0 Å². The van der Waals surface area contributed by atoms with Gasteiger partial charge in [0.15, 0.2) is 0 Å². The van der Waals surface area contributed by atoms with Gasteiger partial charge in [0.25, 0.3) is 0 Å². The Bertz CT molecular complexity index is 1040. The van der Waals surface area contributed by atoms with E-state index in [2.05, 4.69) is 0 Å². The van der Waals surface area contributed by atoms with Gasteiger partial charge in [-0.2, -0.15) is 13.2 Å². The molecule has 0 saturated heterocycles. The van der Waals surface area contributed by atoms with Gasteiger partial charge in [0.2, 0.25) is 0 Å². The van der Waals surface area contributed by atoms with Gasteiger partial charge >= 0.3 is 6.18 Å². The summed E-state index contributed by atoms with van der Waals surface area (Å²) >= 11 is 1.53. The number of pyridine rings is 1. The molecule has 0 spiro atoms. The minimum absolute atomic E-state index is 0.618. The van der Waals surface area contributed by atoms with Crippen LogP contribution >= 0.6 is 11.8 Å². The van der Waals surface area contributed by atoms with Crippen molar-refractivity contribution in [2.45, 2.75) is 16.1 Å². The van der Waals surface area contributed by atoms with Crippen LogP contribution in [0.25, 0.3) is 16.9 Å². The van der Waals surface area contributed by atoms with E-state index in [1.54, 1.807) is 0 Å². The summed E-state index contributed by atoms with van der Waals surface area (Å²) in [4.78, 5) is 5.74. The van der Waals surface area contributed by atoms with Crippen molar-refractivity contribution in [3.8, 4) is 11.4 Å². The lowest BCUT2D eigenvalue weighted by Crippen LogP contribution is -2.04. The fourth-order valence-electron chi connectivity index (χ4n) is 2.70. The largest absolute Gasteiger partial charge is 0.416 e. The van der Waals surface area contributed by atoms with Crippen molar-refractivity contribution >= 4 is 17.3 Å². The molecule has 2 aromatic heterocycles. The number of hydrogen-bond donors (Lipinski definition) is 0. The predicted molar refractivity (Wildman–Crippen MR) is 96.2 cm³/mol. The summed E-state index contributed by atoms with van der Waals surface area (Å²) in [7, 11) is 0. The van der Waals surface area contributed by atoms with Crippen LogP contribution in [0.5, 0.6) is 0 Å². The standard InChI is InChI=1S/C20H13F3N2S/c21-20(22,23)15-11-9-14(10-12-15)18-24-19(17-8-4-5-13-25(17)18)26-16-6-2-1-3-7-16/h1-13H. The Morgan fingerprint density at radius 2 is 1.50 bits per heavy atom. The van der Waals surface area contributed by atoms with Crippen molar-refractivity contribution in [3.05, 3.63) is 84.6 Å². The molecule has 26 heavy (non-hydrogen) atoms. The molecule has 4 rings (SSSR count). The maximum atomic E-state index is 12.8. The number of aromatic nitrogens is 2. The summed E-state index contributed by atoms with van der Waals surface area (Å²) in [5.41, 5.74) is 0.886. The van der Waals surface area contributed by atoms with E-state index in [0.717, 1.165) is 27.6 Å². The maximum Gasteiger partial charge on any atom is 0.416 e. The monoisotopic (exact) mass is 370 g/mol. The first-order valence-corrected chi connectivity index (χ1v) is 8.72. The van der Waals surface area contributed by atoms with Gasteiger partial charge in [-0.15, -0.1) is 0 Å². The zero-order valence-electron chi connectivity index (χ0n) is 13.4. The fourth-order valence-corrected chi connectivity index (χ4v) is 3.62. The van der Waals surface area contributed by atoms with E-state index in [9.17, 15) is 13.2 Å². The molecule has 6 heteroatoms. The van der Waals surface area contributed by atoms with Gasteiger partial charge in [0, 0.05) is 16.7 Å². The van der Waals surface area contributed by atoms with Crippen molar-refractivity contribution < 1.29 is 13.2 Å². The lowest BCUT2D eigenvalue weighted by molar-refractivity contribution is -0.137. The lowest BCUT2D eigenvalue weighted by atomic mass is 10.1. The second-order valence-corrected chi connectivity index (χ2v) is 6.75. The zero-order valence-corrected chi connectivity index (χ0v) is 14.3. The number of hydrogen-bond acceptors (Lipinski definition) is 2. The van der Waals surface area contributed by atoms with E-state index in [4.69, 9.17) is 4.98 Å². The van der Waals surface area contributed by atoms with E-state index >= 15 is 0 Å². The normalized spacial score (nSPS) is 11.8. The molecule has 2 aromatic carbocycles. The molecule has 0 fully saturated rings. The highest BCUT2D eigenvalue weighted by molar-refractivity contribution is 7.99. The Morgan fingerprint density at radius 3 is 2.19 bits per heavy atom. The Morgan fingerprint density at radius 1 is 0.808 bits per heavy atom. The summed E-state index contributed by atoms with van der Waals surface area (Å²) in [6.45, 7) is 0. The third-order valence-electron chi connectivity index (χ3n) is 3.94. The second kappa shape index (κ2) is 6.53. The molecule has 0 aliphatic heterocycles. The van der Waals surface area contributed by atoms with Crippen LogP contribution in [0.15, 0.2) is 88.9 Å². The Hall–Kier alpha value is -2.73. The Labute approximate surface area is 152 Å². The molecule has 0 aliphatic carbocycles. The first kappa shape index (κ1) is 16.7. The first-order valence-electron chi connectivity index (χ1n) is 7.90. The van der Waals surface area contributed by atoms with Crippen LogP contribution in [-0.4, -0.2) is 9.38 Å². The highest BCUT2D eigenvalue weighted by Gasteiger charge is 2.30. The van der Waals surface area contributed by atoms with Crippen molar-refractivity contribution in [1.29, 1.82) is 0 Å². The first-order chi connectivity index (χ1) is 12.5. The number of fused-ring (bicyclic) bond motifs is 1. The highest BCUT2D eigenvalue weighted by Crippen LogP contribution is 2.35. The smallest absolute Gasteiger partial charge is 0.299 e. The Kier molecular flexibility index (Phi) is 4.20. The van der Waals surface area contributed by atoms with Crippen molar-refractivity contribution in [1.82, 2.24) is 9.38 Å². The molecule has 0 unspecified atom stereocenters. The molecule has 130 valence electrons. The highest BCUT2D eigenvalue weighted by atomic mass is 32.2. The van der Waals surface area contributed by atoms with Gasteiger partial charge in [0.05, 0.1) is 11.1 Å². The molecule has 0 amide bonds. The third kappa shape index (κ3) is 3.20. The topological polar surface area (TPSA) is 17.3 Å². The summed E-state index contributed by atoms with van der Waals surface area (Å²) in [5, 5.41) is 0.812. The van der Waals surface area contributed by atoms with E-state index in [0.29, 0.717) is 11.4 Å². The zero-order chi connectivity index (χ0) is 18.1. The van der Waals surface area contributed by atoms with E-state index < -0.39 is 11.7 Å². The molecule has 0 N–H and O–H groups in total. The van der Waals surface area contributed by atoms with Crippen LogP contribution in [0.3, 0.4) is 0 Å². The van der Waals surface area contributed by atoms with Crippen molar-refractivity contribution in [2.24, 2.45) is 0 Å². The molecule has 4 aromatic rings. The van der Waals surface area contributed by atoms with Gasteiger partial charge in [-0.1, -0.05) is 48.2 Å². The molecule has 0 radical (unpaired) electrons. The molecule has 0 saturated carbocycles. The summed E-state index contributed by atoms with van der Waals surface area (Å²) < 4.78 is 40.3. The minimum atomic E-state index is -4.35. The number of benzene rings is 2. The van der Waals surface area contributed by atoms with Crippen LogP contribution in [0.1, 0.15) is 5.56 Å². The summed E-state index contributed by atoms with van der Waals surface area (Å²) in [6.07, 6.45) is -2.48. The molecule has 2 nitrogen and oxygen atoms in total. The molecule has 0 bridgehead atoms. The third-order valence-corrected chi connectivity index (χ3v) is 4.94. The van der Waals surface area contributed by atoms with Crippen LogP contribution < -0.4 is 0 Å². The van der Waals surface area contributed by atoms with Gasteiger partial charge < -0.3 is 0 Å².